The number of amides is 1. The minimum Gasteiger partial charge on any atom is -0.274 e. The first-order valence-corrected chi connectivity index (χ1v) is 10.3. The molecule has 0 saturated carbocycles. The molecule has 1 aromatic heterocycles. The number of carbonyl (C=O) groups is 1. The highest BCUT2D eigenvalue weighted by Gasteiger charge is 2.23. The van der Waals surface area contributed by atoms with Crippen molar-refractivity contribution in [2.45, 2.75) is 47.0 Å². The highest BCUT2D eigenvalue weighted by molar-refractivity contribution is 7.16. The van der Waals surface area contributed by atoms with Gasteiger partial charge in [0, 0.05) is 16.9 Å². The maximum atomic E-state index is 12.9. The molecule has 4 heteroatoms. The Bertz CT molecular complexity index is 911. The van der Waals surface area contributed by atoms with E-state index in [4.69, 9.17) is 4.98 Å². The molecule has 3 aromatic rings. The molecule has 1 amide bonds. The molecule has 0 unspecified atom stereocenters. The highest BCUT2D eigenvalue weighted by Crippen LogP contribution is 2.37. The molecule has 1 heterocycles. The zero-order chi connectivity index (χ0) is 19.4. The predicted molar refractivity (Wildman–Crippen MR) is 115 cm³/mol. The molecular weight excluding hydrogens is 352 g/mol. The van der Waals surface area contributed by atoms with E-state index < -0.39 is 0 Å². The van der Waals surface area contributed by atoms with Gasteiger partial charge in [0.1, 0.15) is 0 Å². The molecule has 27 heavy (non-hydrogen) atoms. The summed E-state index contributed by atoms with van der Waals surface area (Å²) in [6.07, 6.45) is 2.22. The summed E-state index contributed by atoms with van der Waals surface area (Å²) in [6.45, 7) is 8.30. The van der Waals surface area contributed by atoms with Crippen LogP contribution in [0.5, 0.6) is 0 Å². The largest absolute Gasteiger partial charge is 0.274 e. The molecule has 140 valence electrons. The molecule has 2 aromatic carbocycles. The van der Waals surface area contributed by atoms with Gasteiger partial charge in [-0.3, -0.25) is 9.69 Å². The molecule has 0 fully saturated rings. The van der Waals surface area contributed by atoms with Crippen molar-refractivity contribution >= 4 is 28.1 Å². The van der Waals surface area contributed by atoms with E-state index in [1.54, 1.807) is 16.2 Å². The van der Waals surface area contributed by atoms with E-state index in [9.17, 15) is 4.79 Å². The molecule has 0 aliphatic heterocycles. The lowest BCUT2D eigenvalue weighted by molar-refractivity contribution is -0.117. The molecule has 0 atom stereocenters. The van der Waals surface area contributed by atoms with Crippen LogP contribution in [0.2, 0.25) is 0 Å². The molecule has 0 saturated heterocycles. The Morgan fingerprint density at radius 2 is 1.56 bits per heavy atom. The number of carbonyl (C=O) groups excluding carboxylic acids is 1. The van der Waals surface area contributed by atoms with Crippen LogP contribution in [-0.4, -0.2) is 10.9 Å². The first kappa shape index (κ1) is 19.3. The summed E-state index contributed by atoms with van der Waals surface area (Å²) in [5.41, 5.74) is 5.37. The molecular formula is C23H26N2OS. The summed E-state index contributed by atoms with van der Waals surface area (Å²) in [5, 5.41) is 0.754. The van der Waals surface area contributed by atoms with Crippen molar-refractivity contribution in [3.8, 4) is 11.3 Å². The van der Waals surface area contributed by atoms with Gasteiger partial charge in [0.15, 0.2) is 5.13 Å². The van der Waals surface area contributed by atoms with Gasteiger partial charge >= 0.3 is 0 Å². The summed E-state index contributed by atoms with van der Waals surface area (Å²) >= 11 is 1.61. The highest BCUT2D eigenvalue weighted by atomic mass is 32.1. The van der Waals surface area contributed by atoms with E-state index in [2.05, 4.69) is 45.0 Å². The number of hydrogen-bond acceptors (Lipinski definition) is 3. The quantitative estimate of drug-likeness (QED) is 0.493. The van der Waals surface area contributed by atoms with Crippen molar-refractivity contribution in [1.82, 2.24) is 4.98 Å². The van der Waals surface area contributed by atoms with E-state index in [0.717, 1.165) is 34.9 Å². The van der Waals surface area contributed by atoms with Gasteiger partial charge in [0.05, 0.1) is 11.4 Å². The number of rotatable bonds is 6. The molecule has 0 bridgehead atoms. The minimum absolute atomic E-state index is 0.0909. The molecule has 3 rings (SSSR count). The zero-order valence-electron chi connectivity index (χ0n) is 16.5. The summed E-state index contributed by atoms with van der Waals surface area (Å²) in [4.78, 5) is 20.8. The van der Waals surface area contributed by atoms with Gasteiger partial charge in [0.25, 0.3) is 0 Å². The number of aromatic nitrogens is 1. The number of anilines is 2. The van der Waals surface area contributed by atoms with Crippen LogP contribution >= 0.6 is 11.3 Å². The minimum atomic E-state index is 0.0909. The van der Waals surface area contributed by atoms with Crippen molar-refractivity contribution in [2.24, 2.45) is 0 Å². The Labute approximate surface area is 165 Å². The lowest BCUT2D eigenvalue weighted by Crippen LogP contribution is -2.25. The van der Waals surface area contributed by atoms with Gasteiger partial charge in [0.2, 0.25) is 5.91 Å². The van der Waals surface area contributed by atoms with Gasteiger partial charge in [-0.05, 0) is 38.8 Å². The van der Waals surface area contributed by atoms with E-state index in [-0.39, 0.29) is 5.91 Å². The van der Waals surface area contributed by atoms with Crippen molar-refractivity contribution in [1.29, 1.82) is 0 Å². The fourth-order valence-electron chi connectivity index (χ4n) is 2.99. The van der Waals surface area contributed by atoms with Gasteiger partial charge in [-0.15, -0.1) is 11.3 Å². The van der Waals surface area contributed by atoms with Gasteiger partial charge in [-0.25, -0.2) is 4.98 Å². The van der Waals surface area contributed by atoms with Crippen molar-refractivity contribution in [3.05, 3.63) is 64.5 Å². The molecule has 0 aliphatic rings. The number of aryl methyl sites for hydroxylation is 3. The van der Waals surface area contributed by atoms with E-state index in [1.165, 1.54) is 16.0 Å². The zero-order valence-corrected chi connectivity index (χ0v) is 17.3. The summed E-state index contributed by atoms with van der Waals surface area (Å²) < 4.78 is 0. The fraction of sp³-hybridized carbons (Fsp3) is 0.304. The van der Waals surface area contributed by atoms with Gasteiger partial charge in [-0.1, -0.05) is 61.4 Å². The first-order chi connectivity index (χ1) is 13.0. The standard InChI is InChI=1S/C23H26N2OS/c1-5-7-21(26)25(19-14-10-17(4)11-15-19)23-24-22(20(6-2)27-23)18-12-8-16(3)9-13-18/h8-15H,5-7H2,1-4H3. The molecule has 0 aliphatic carbocycles. The Hall–Kier alpha value is -2.46. The third kappa shape index (κ3) is 4.28. The average Bonchev–Trinajstić information content (AvgIpc) is 3.08. The van der Waals surface area contributed by atoms with Crippen LogP contribution in [0, 0.1) is 13.8 Å². The lowest BCUT2D eigenvalue weighted by Gasteiger charge is -2.20. The van der Waals surface area contributed by atoms with Crippen LogP contribution in [0.25, 0.3) is 11.3 Å². The summed E-state index contributed by atoms with van der Waals surface area (Å²) in [6, 6.07) is 16.5. The van der Waals surface area contributed by atoms with Gasteiger partial charge in [-0.2, -0.15) is 0 Å². The first-order valence-electron chi connectivity index (χ1n) is 9.49. The second-order valence-electron chi connectivity index (χ2n) is 6.80. The number of benzene rings is 2. The lowest BCUT2D eigenvalue weighted by atomic mass is 10.1. The maximum Gasteiger partial charge on any atom is 0.233 e. The van der Waals surface area contributed by atoms with E-state index >= 15 is 0 Å². The third-order valence-electron chi connectivity index (χ3n) is 4.53. The van der Waals surface area contributed by atoms with Crippen LogP contribution in [0.4, 0.5) is 10.8 Å². The Morgan fingerprint density at radius 1 is 0.963 bits per heavy atom. The summed E-state index contributed by atoms with van der Waals surface area (Å²) in [5.74, 6) is 0.0909. The topological polar surface area (TPSA) is 33.2 Å². The Balaban J connectivity index is 2.08. The average molecular weight is 379 g/mol. The monoisotopic (exact) mass is 378 g/mol. The Morgan fingerprint density at radius 3 is 2.11 bits per heavy atom. The van der Waals surface area contributed by atoms with Crippen LogP contribution in [0.15, 0.2) is 48.5 Å². The normalized spacial score (nSPS) is 10.8. The molecule has 0 spiro atoms. The molecule has 0 N–H and O–H groups in total. The van der Waals surface area contributed by atoms with Crippen LogP contribution in [0.3, 0.4) is 0 Å². The van der Waals surface area contributed by atoms with Crippen LogP contribution < -0.4 is 4.90 Å². The fourth-order valence-corrected chi connectivity index (χ4v) is 4.05. The summed E-state index contributed by atoms with van der Waals surface area (Å²) in [7, 11) is 0. The smallest absolute Gasteiger partial charge is 0.233 e. The Kier molecular flexibility index (Phi) is 6.07. The van der Waals surface area contributed by atoms with Crippen LogP contribution in [-0.2, 0) is 11.2 Å². The van der Waals surface area contributed by atoms with Crippen molar-refractivity contribution in [3.63, 3.8) is 0 Å². The number of nitrogens with zero attached hydrogens (tertiary/aromatic N) is 2. The van der Waals surface area contributed by atoms with Crippen molar-refractivity contribution < 1.29 is 4.79 Å². The SMILES string of the molecule is CCCC(=O)N(c1ccc(C)cc1)c1nc(-c2ccc(C)cc2)c(CC)s1. The van der Waals surface area contributed by atoms with E-state index in [1.807, 2.05) is 31.2 Å². The number of thiazole rings is 1. The number of hydrogen-bond donors (Lipinski definition) is 0. The van der Waals surface area contributed by atoms with Gasteiger partial charge < -0.3 is 0 Å². The molecule has 0 radical (unpaired) electrons. The van der Waals surface area contributed by atoms with Crippen LogP contribution in [0.1, 0.15) is 42.7 Å². The van der Waals surface area contributed by atoms with E-state index in [0.29, 0.717) is 6.42 Å². The predicted octanol–water partition coefficient (Wildman–Crippen LogP) is 6.45. The maximum absolute atomic E-state index is 12.9. The second-order valence-corrected chi connectivity index (χ2v) is 7.86. The third-order valence-corrected chi connectivity index (χ3v) is 5.71. The van der Waals surface area contributed by atoms with Crippen molar-refractivity contribution in [2.75, 3.05) is 4.90 Å². The second kappa shape index (κ2) is 8.49. The molecule has 3 nitrogen and oxygen atoms in total.